The van der Waals surface area contributed by atoms with Crippen molar-refractivity contribution in [2.45, 2.75) is 26.3 Å². The Kier molecular flexibility index (Phi) is 2.70. The predicted octanol–water partition coefficient (Wildman–Crippen LogP) is 2.56. The Morgan fingerprint density at radius 1 is 1.56 bits per heavy atom. The number of nitrogens with two attached hydrogens (primary N) is 1. The number of carbonyl (C=O) groups excluding carboxylic acids is 1. The molecule has 0 aromatic heterocycles. The van der Waals surface area contributed by atoms with Gasteiger partial charge in [0.05, 0.1) is 0 Å². The summed E-state index contributed by atoms with van der Waals surface area (Å²) in [6, 6.07) is 5.53. The number of anilines is 1. The summed E-state index contributed by atoms with van der Waals surface area (Å²) in [5, 5.41) is 3.01. The molecule has 0 saturated heterocycles. The average molecular weight is 283 g/mol. The van der Waals surface area contributed by atoms with Gasteiger partial charge < -0.3 is 11.1 Å². The lowest BCUT2D eigenvalue weighted by molar-refractivity contribution is 0.0946. The summed E-state index contributed by atoms with van der Waals surface area (Å²) < 4.78 is 0.759. The summed E-state index contributed by atoms with van der Waals surface area (Å²) in [4.78, 5) is 11.9. The Bertz CT molecular complexity index is 443. The molecule has 0 heterocycles. The first-order chi connectivity index (χ1) is 7.40. The molecule has 0 spiro atoms. The van der Waals surface area contributed by atoms with E-state index in [1.165, 1.54) is 0 Å². The monoisotopic (exact) mass is 282 g/mol. The lowest BCUT2D eigenvalue weighted by Crippen LogP contribution is -2.28. The van der Waals surface area contributed by atoms with Crippen LogP contribution in [-0.4, -0.2) is 11.9 Å². The minimum atomic E-state index is -0.0312. The molecule has 1 aromatic carbocycles. The minimum absolute atomic E-state index is 0.0312. The molecular formula is C12H15BrN2O. The summed E-state index contributed by atoms with van der Waals surface area (Å²) in [5.74, 6) is -0.0312. The first-order valence-electron chi connectivity index (χ1n) is 5.26. The normalized spacial score (nSPS) is 21.6. The maximum atomic E-state index is 11.9. The van der Waals surface area contributed by atoms with Crippen molar-refractivity contribution < 1.29 is 4.79 Å². The topological polar surface area (TPSA) is 55.1 Å². The summed E-state index contributed by atoms with van der Waals surface area (Å²) in [7, 11) is 0. The first-order valence-corrected chi connectivity index (χ1v) is 6.05. The van der Waals surface area contributed by atoms with Crippen LogP contribution in [0.25, 0.3) is 0 Å². The van der Waals surface area contributed by atoms with Gasteiger partial charge in [0.2, 0.25) is 0 Å². The highest BCUT2D eigenvalue weighted by Gasteiger charge is 2.46. The van der Waals surface area contributed by atoms with Crippen molar-refractivity contribution in [3.63, 3.8) is 0 Å². The van der Waals surface area contributed by atoms with Crippen LogP contribution in [0.5, 0.6) is 0 Å². The van der Waals surface area contributed by atoms with E-state index in [1.807, 2.05) is 0 Å². The second-order valence-corrected chi connectivity index (χ2v) is 5.81. The molecule has 0 bridgehead atoms. The van der Waals surface area contributed by atoms with Crippen LogP contribution in [-0.2, 0) is 0 Å². The number of hydrogen-bond donors (Lipinski definition) is 2. The lowest BCUT2D eigenvalue weighted by Gasteiger charge is -2.07. The Morgan fingerprint density at radius 3 is 2.69 bits per heavy atom. The van der Waals surface area contributed by atoms with Crippen LogP contribution in [0.15, 0.2) is 22.7 Å². The standard InChI is InChI=1S/C12H15BrN2O/c1-12(2)6-10(12)15-11(16)7-3-4-9(14)8(13)5-7/h3-5,10H,6,14H2,1-2H3,(H,15,16). The molecule has 3 nitrogen and oxygen atoms in total. The first kappa shape index (κ1) is 11.5. The Labute approximate surface area is 104 Å². The van der Waals surface area contributed by atoms with Crippen LogP contribution in [0.4, 0.5) is 5.69 Å². The molecule has 1 aliphatic carbocycles. The van der Waals surface area contributed by atoms with E-state index in [4.69, 9.17) is 5.73 Å². The molecule has 1 unspecified atom stereocenters. The number of halogens is 1. The second-order valence-electron chi connectivity index (χ2n) is 4.96. The van der Waals surface area contributed by atoms with E-state index in [0.29, 0.717) is 17.3 Å². The van der Waals surface area contributed by atoms with Gasteiger partial charge in [-0.1, -0.05) is 13.8 Å². The van der Waals surface area contributed by atoms with Crippen molar-refractivity contribution >= 4 is 27.5 Å². The number of amides is 1. The summed E-state index contributed by atoms with van der Waals surface area (Å²) in [6.07, 6.45) is 1.05. The van der Waals surface area contributed by atoms with E-state index >= 15 is 0 Å². The van der Waals surface area contributed by atoms with Gasteiger partial charge in [0, 0.05) is 21.8 Å². The molecular weight excluding hydrogens is 268 g/mol. The molecule has 1 aliphatic rings. The van der Waals surface area contributed by atoms with E-state index < -0.39 is 0 Å². The fourth-order valence-corrected chi connectivity index (χ4v) is 2.00. The summed E-state index contributed by atoms with van der Waals surface area (Å²) in [5.41, 5.74) is 7.20. The average Bonchev–Trinajstić information content (AvgIpc) is 2.78. The van der Waals surface area contributed by atoms with Gasteiger partial charge in [-0.3, -0.25) is 4.79 Å². The van der Waals surface area contributed by atoms with Crippen molar-refractivity contribution in [1.29, 1.82) is 0 Å². The van der Waals surface area contributed by atoms with Gasteiger partial charge >= 0.3 is 0 Å². The zero-order valence-corrected chi connectivity index (χ0v) is 11.0. The fourth-order valence-electron chi connectivity index (χ4n) is 1.62. The maximum Gasteiger partial charge on any atom is 0.251 e. The van der Waals surface area contributed by atoms with Gasteiger partial charge in [-0.25, -0.2) is 0 Å². The second kappa shape index (κ2) is 3.77. The third-order valence-corrected chi connectivity index (χ3v) is 3.77. The summed E-state index contributed by atoms with van der Waals surface area (Å²) >= 11 is 3.31. The highest BCUT2D eigenvalue weighted by atomic mass is 79.9. The molecule has 1 atom stereocenters. The van der Waals surface area contributed by atoms with Gasteiger partial charge in [-0.05, 0) is 46.0 Å². The van der Waals surface area contributed by atoms with Gasteiger partial charge in [0.25, 0.3) is 5.91 Å². The molecule has 0 aliphatic heterocycles. The lowest BCUT2D eigenvalue weighted by atomic mass is 10.1. The zero-order valence-electron chi connectivity index (χ0n) is 9.38. The number of nitrogens with one attached hydrogen (secondary N) is 1. The van der Waals surface area contributed by atoms with Gasteiger partial charge in [-0.2, -0.15) is 0 Å². The molecule has 1 amide bonds. The number of hydrogen-bond acceptors (Lipinski definition) is 2. The molecule has 3 N–H and O–H groups in total. The van der Waals surface area contributed by atoms with Crippen LogP contribution in [0.2, 0.25) is 0 Å². The molecule has 2 rings (SSSR count). The Hall–Kier alpha value is -1.03. The van der Waals surface area contributed by atoms with Crippen LogP contribution in [0, 0.1) is 5.41 Å². The van der Waals surface area contributed by atoms with E-state index in [1.54, 1.807) is 18.2 Å². The van der Waals surface area contributed by atoms with E-state index in [0.717, 1.165) is 10.9 Å². The van der Waals surface area contributed by atoms with Crippen molar-refractivity contribution in [1.82, 2.24) is 5.32 Å². The molecule has 1 saturated carbocycles. The summed E-state index contributed by atoms with van der Waals surface area (Å²) in [6.45, 7) is 4.30. The predicted molar refractivity (Wildman–Crippen MR) is 68.2 cm³/mol. The van der Waals surface area contributed by atoms with Crippen molar-refractivity contribution in [3.05, 3.63) is 28.2 Å². The maximum absolute atomic E-state index is 11.9. The van der Waals surface area contributed by atoms with Crippen molar-refractivity contribution in [3.8, 4) is 0 Å². The van der Waals surface area contributed by atoms with Crippen LogP contribution in [0.3, 0.4) is 0 Å². The van der Waals surface area contributed by atoms with Crippen molar-refractivity contribution in [2.24, 2.45) is 5.41 Å². The number of rotatable bonds is 2. The van der Waals surface area contributed by atoms with Gasteiger partial charge in [0.15, 0.2) is 0 Å². The molecule has 1 fully saturated rings. The van der Waals surface area contributed by atoms with Gasteiger partial charge in [-0.15, -0.1) is 0 Å². The third-order valence-electron chi connectivity index (χ3n) is 3.08. The molecule has 16 heavy (non-hydrogen) atoms. The molecule has 86 valence electrons. The Balaban J connectivity index is 2.07. The molecule has 1 aromatic rings. The van der Waals surface area contributed by atoms with Crippen molar-refractivity contribution in [2.75, 3.05) is 5.73 Å². The number of nitrogen functional groups attached to an aromatic ring is 1. The smallest absolute Gasteiger partial charge is 0.251 e. The zero-order chi connectivity index (χ0) is 11.9. The fraction of sp³-hybridized carbons (Fsp3) is 0.417. The van der Waals surface area contributed by atoms with Crippen LogP contribution >= 0.6 is 15.9 Å². The van der Waals surface area contributed by atoms with Gasteiger partial charge in [0.1, 0.15) is 0 Å². The quantitative estimate of drug-likeness (QED) is 0.820. The van der Waals surface area contributed by atoms with Crippen LogP contribution in [0.1, 0.15) is 30.6 Å². The van der Waals surface area contributed by atoms with E-state index in [9.17, 15) is 4.79 Å². The van der Waals surface area contributed by atoms with E-state index in [2.05, 4.69) is 35.1 Å². The SMILES string of the molecule is CC1(C)CC1NC(=O)c1ccc(N)c(Br)c1. The molecule has 4 heteroatoms. The van der Waals surface area contributed by atoms with Crippen LogP contribution < -0.4 is 11.1 Å². The van der Waals surface area contributed by atoms with E-state index in [-0.39, 0.29) is 11.3 Å². The third kappa shape index (κ3) is 2.21. The largest absolute Gasteiger partial charge is 0.398 e. The minimum Gasteiger partial charge on any atom is -0.398 e. The molecule has 0 radical (unpaired) electrons. The Morgan fingerprint density at radius 2 is 2.19 bits per heavy atom. The number of benzene rings is 1. The highest BCUT2D eigenvalue weighted by molar-refractivity contribution is 9.10. The highest BCUT2D eigenvalue weighted by Crippen LogP contribution is 2.44. The number of carbonyl (C=O) groups is 1.